The second kappa shape index (κ2) is 6.28. The lowest BCUT2D eigenvalue weighted by Gasteiger charge is -2.05. The summed E-state index contributed by atoms with van der Waals surface area (Å²) in [5.41, 5.74) is 7.43. The predicted molar refractivity (Wildman–Crippen MR) is 70.2 cm³/mol. The molecule has 0 saturated heterocycles. The van der Waals surface area contributed by atoms with Crippen LogP contribution in [0.15, 0.2) is 22.7 Å². The largest absolute Gasteiger partial charge is 0.399 e. The van der Waals surface area contributed by atoms with E-state index in [1.165, 1.54) is 0 Å². The molecule has 1 unspecified atom stereocenters. The Bertz CT molecular complexity index is 354. The van der Waals surface area contributed by atoms with Gasteiger partial charge in [-0.3, -0.25) is 4.21 Å². The molecule has 0 aliphatic carbocycles. The van der Waals surface area contributed by atoms with E-state index in [2.05, 4.69) is 22.9 Å². The minimum atomic E-state index is -0.759. The van der Waals surface area contributed by atoms with Crippen molar-refractivity contribution < 1.29 is 4.21 Å². The number of nitrogens with two attached hydrogens (primary N) is 1. The summed E-state index contributed by atoms with van der Waals surface area (Å²) in [7, 11) is -0.759. The molecule has 4 heteroatoms. The lowest BCUT2D eigenvalue weighted by Crippen LogP contribution is -2.01. The number of halogens is 1. The third kappa shape index (κ3) is 4.34. The highest BCUT2D eigenvalue weighted by atomic mass is 79.9. The van der Waals surface area contributed by atoms with E-state index in [0.29, 0.717) is 5.75 Å². The molecule has 0 aliphatic heterocycles. The second-order valence-corrected chi connectivity index (χ2v) is 5.92. The molecule has 0 fully saturated rings. The van der Waals surface area contributed by atoms with Crippen molar-refractivity contribution >= 4 is 32.4 Å². The minimum Gasteiger partial charge on any atom is -0.399 e. The summed E-state index contributed by atoms with van der Waals surface area (Å²) in [6.45, 7) is 2.11. The zero-order valence-corrected chi connectivity index (χ0v) is 11.2. The van der Waals surface area contributed by atoms with E-state index in [4.69, 9.17) is 5.73 Å². The van der Waals surface area contributed by atoms with E-state index in [9.17, 15) is 4.21 Å². The lowest BCUT2D eigenvalue weighted by molar-refractivity contribution is 0.679. The Balaban J connectivity index is 2.60. The maximum atomic E-state index is 11.7. The quantitative estimate of drug-likeness (QED) is 0.847. The smallest absolute Gasteiger partial charge is 0.0496 e. The standard InChI is InChI=1S/C11H16BrNOS/c1-2-3-6-15(14)8-9-4-5-10(13)7-11(9)12/h4-5,7H,2-3,6,8,13H2,1H3. The van der Waals surface area contributed by atoms with Gasteiger partial charge in [0.15, 0.2) is 0 Å². The molecule has 15 heavy (non-hydrogen) atoms. The normalized spacial score (nSPS) is 12.7. The average molecular weight is 290 g/mol. The van der Waals surface area contributed by atoms with E-state index in [0.717, 1.165) is 34.3 Å². The van der Waals surface area contributed by atoms with Crippen LogP contribution in [-0.2, 0) is 16.6 Å². The Kier molecular flexibility index (Phi) is 5.32. The van der Waals surface area contributed by atoms with Crippen LogP contribution in [-0.4, -0.2) is 9.96 Å². The van der Waals surface area contributed by atoms with Crippen LogP contribution in [0.25, 0.3) is 0 Å². The van der Waals surface area contributed by atoms with Crippen molar-refractivity contribution in [2.75, 3.05) is 11.5 Å². The molecular weight excluding hydrogens is 274 g/mol. The fourth-order valence-electron chi connectivity index (χ4n) is 1.23. The molecule has 2 N–H and O–H groups in total. The number of nitrogen functional groups attached to an aromatic ring is 1. The monoisotopic (exact) mass is 289 g/mol. The first-order valence-corrected chi connectivity index (χ1v) is 7.30. The lowest BCUT2D eigenvalue weighted by atomic mass is 10.2. The van der Waals surface area contributed by atoms with Crippen LogP contribution >= 0.6 is 15.9 Å². The first-order chi connectivity index (χ1) is 7.13. The molecule has 1 atom stereocenters. The van der Waals surface area contributed by atoms with E-state index >= 15 is 0 Å². The maximum absolute atomic E-state index is 11.7. The zero-order valence-electron chi connectivity index (χ0n) is 8.83. The highest BCUT2D eigenvalue weighted by Crippen LogP contribution is 2.21. The molecule has 0 heterocycles. The molecule has 0 radical (unpaired) electrons. The van der Waals surface area contributed by atoms with Crippen molar-refractivity contribution in [2.45, 2.75) is 25.5 Å². The third-order valence-corrected chi connectivity index (χ3v) is 4.23. The van der Waals surface area contributed by atoms with Gasteiger partial charge >= 0.3 is 0 Å². The van der Waals surface area contributed by atoms with Gasteiger partial charge < -0.3 is 5.73 Å². The number of benzene rings is 1. The van der Waals surface area contributed by atoms with Crippen LogP contribution in [0.5, 0.6) is 0 Å². The Labute approximate surface area is 102 Å². The van der Waals surface area contributed by atoms with E-state index < -0.39 is 10.8 Å². The van der Waals surface area contributed by atoms with Gasteiger partial charge in [-0.25, -0.2) is 0 Å². The molecule has 2 nitrogen and oxygen atoms in total. The molecule has 0 aromatic heterocycles. The molecular formula is C11H16BrNOS. The molecule has 1 aromatic rings. The third-order valence-electron chi connectivity index (χ3n) is 2.12. The molecule has 0 aliphatic rings. The van der Waals surface area contributed by atoms with Crippen molar-refractivity contribution in [1.29, 1.82) is 0 Å². The average Bonchev–Trinajstić information content (AvgIpc) is 2.19. The van der Waals surface area contributed by atoms with E-state index in [-0.39, 0.29) is 0 Å². The number of anilines is 1. The van der Waals surface area contributed by atoms with Crippen molar-refractivity contribution in [2.24, 2.45) is 0 Å². The number of unbranched alkanes of at least 4 members (excludes halogenated alkanes) is 1. The SMILES string of the molecule is CCCCS(=O)Cc1ccc(N)cc1Br. The van der Waals surface area contributed by atoms with Crippen molar-refractivity contribution in [3.05, 3.63) is 28.2 Å². The van der Waals surface area contributed by atoms with Gasteiger partial charge in [0.1, 0.15) is 0 Å². The first-order valence-electron chi connectivity index (χ1n) is 5.02. The highest BCUT2D eigenvalue weighted by Gasteiger charge is 2.05. The molecule has 0 saturated carbocycles. The van der Waals surface area contributed by atoms with Crippen LogP contribution < -0.4 is 5.73 Å². The fourth-order valence-corrected chi connectivity index (χ4v) is 3.31. The summed E-state index contributed by atoms with van der Waals surface area (Å²) < 4.78 is 12.6. The van der Waals surface area contributed by atoms with Gasteiger partial charge in [-0.1, -0.05) is 35.3 Å². The summed E-state index contributed by atoms with van der Waals surface area (Å²) in [6.07, 6.45) is 2.12. The van der Waals surface area contributed by atoms with Crippen LogP contribution in [0.1, 0.15) is 25.3 Å². The Morgan fingerprint density at radius 2 is 2.20 bits per heavy atom. The van der Waals surface area contributed by atoms with Crippen molar-refractivity contribution in [3.8, 4) is 0 Å². The fraction of sp³-hybridized carbons (Fsp3) is 0.455. The summed E-state index contributed by atoms with van der Waals surface area (Å²) in [5, 5.41) is 0. The summed E-state index contributed by atoms with van der Waals surface area (Å²) >= 11 is 3.43. The van der Waals surface area contributed by atoms with Crippen molar-refractivity contribution in [1.82, 2.24) is 0 Å². The van der Waals surface area contributed by atoms with Gasteiger partial charge in [-0.05, 0) is 24.1 Å². The second-order valence-electron chi connectivity index (χ2n) is 3.49. The molecule has 1 rings (SSSR count). The van der Waals surface area contributed by atoms with Crippen LogP contribution in [0, 0.1) is 0 Å². The van der Waals surface area contributed by atoms with E-state index in [1.807, 2.05) is 18.2 Å². The van der Waals surface area contributed by atoms with Crippen LogP contribution in [0.4, 0.5) is 5.69 Å². The van der Waals surface area contributed by atoms with Gasteiger partial charge in [-0.15, -0.1) is 0 Å². The van der Waals surface area contributed by atoms with Crippen LogP contribution in [0.2, 0.25) is 0 Å². The van der Waals surface area contributed by atoms with E-state index in [1.54, 1.807) is 0 Å². The number of hydrogen-bond donors (Lipinski definition) is 1. The van der Waals surface area contributed by atoms with Gasteiger partial charge in [-0.2, -0.15) is 0 Å². The van der Waals surface area contributed by atoms with Crippen molar-refractivity contribution in [3.63, 3.8) is 0 Å². The Morgan fingerprint density at radius 1 is 1.47 bits per heavy atom. The van der Waals surface area contributed by atoms with Gasteiger partial charge in [0.25, 0.3) is 0 Å². The molecule has 0 bridgehead atoms. The predicted octanol–water partition coefficient (Wildman–Crippen LogP) is 3.08. The topological polar surface area (TPSA) is 43.1 Å². The molecule has 0 spiro atoms. The van der Waals surface area contributed by atoms with Gasteiger partial charge in [0, 0.05) is 32.5 Å². The number of hydrogen-bond acceptors (Lipinski definition) is 2. The molecule has 84 valence electrons. The summed E-state index contributed by atoms with van der Waals surface area (Å²) in [6, 6.07) is 5.63. The van der Waals surface area contributed by atoms with Gasteiger partial charge in [0.05, 0.1) is 0 Å². The molecule has 1 aromatic carbocycles. The Morgan fingerprint density at radius 3 is 2.80 bits per heavy atom. The minimum absolute atomic E-state index is 0.612. The summed E-state index contributed by atoms with van der Waals surface area (Å²) in [4.78, 5) is 0. The zero-order chi connectivity index (χ0) is 11.3. The highest BCUT2D eigenvalue weighted by molar-refractivity contribution is 9.10. The Hall–Kier alpha value is -0.350. The summed E-state index contributed by atoms with van der Waals surface area (Å²) in [5.74, 6) is 1.40. The van der Waals surface area contributed by atoms with Gasteiger partial charge in [0.2, 0.25) is 0 Å². The number of rotatable bonds is 5. The maximum Gasteiger partial charge on any atom is 0.0496 e. The first kappa shape index (κ1) is 12.7. The molecule has 0 amide bonds. The van der Waals surface area contributed by atoms with Crippen LogP contribution in [0.3, 0.4) is 0 Å².